The van der Waals surface area contributed by atoms with Crippen LogP contribution in [-0.4, -0.2) is 112 Å². The van der Waals surface area contributed by atoms with Crippen LogP contribution in [0.15, 0.2) is 29.9 Å². The maximum Gasteiger partial charge on any atom is 0.309 e. The number of piperazine rings is 1. The van der Waals surface area contributed by atoms with Crippen molar-refractivity contribution in [2.24, 2.45) is 11.8 Å². The molecule has 2 fully saturated rings. The number of benzene rings is 1. The van der Waals surface area contributed by atoms with Crippen molar-refractivity contribution in [3.63, 3.8) is 0 Å². The van der Waals surface area contributed by atoms with E-state index in [2.05, 4.69) is 22.3 Å². The minimum absolute atomic E-state index is 0.0142. The molecule has 2 saturated heterocycles. The van der Waals surface area contributed by atoms with E-state index in [0.717, 1.165) is 31.5 Å². The summed E-state index contributed by atoms with van der Waals surface area (Å²) >= 11 is 0. The summed E-state index contributed by atoms with van der Waals surface area (Å²) in [4.78, 5) is 17.1. The fraction of sp³-hybridized carbons (Fsp3) is 0.667. The molecule has 45 heavy (non-hydrogen) atoms. The number of aliphatic hydroxyl groups is 2. The van der Waals surface area contributed by atoms with Crippen molar-refractivity contribution >= 4 is 23.1 Å². The molecule has 3 aliphatic heterocycles. The normalized spacial score (nSPS) is 30.4. The third-order valence-electron chi connectivity index (χ3n) is 9.32. The summed E-state index contributed by atoms with van der Waals surface area (Å²) in [6.45, 7) is 10.2. The van der Waals surface area contributed by atoms with Crippen LogP contribution in [0.3, 0.4) is 0 Å². The highest BCUT2D eigenvalue weighted by Crippen LogP contribution is 2.29. The lowest BCUT2D eigenvalue weighted by atomic mass is 9.91. The van der Waals surface area contributed by atoms with E-state index in [4.69, 9.17) is 14.2 Å². The average molecular weight is 630 g/mol. The molecule has 6 atom stereocenters. The molecule has 0 saturated carbocycles. The van der Waals surface area contributed by atoms with Gasteiger partial charge in [-0.25, -0.2) is 9.07 Å². The summed E-state index contributed by atoms with van der Waals surface area (Å²) in [5.74, 6) is -1.25. The summed E-state index contributed by atoms with van der Waals surface area (Å²) in [6.07, 6.45) is 5.17. The Bertz CT molecular complexity index is 1350. The summed E-state index contributed by atoms with van der Waals surface area (Å²) in [6, 6.07) is 3.37. The lowest BCUT2D eigenvalue weighted by Crippen LogP contribution is -2.51. The van der Waals surface area contributed by atoms with E-state index >= 15 is 4.39 Å². The third-order valence-corrected chi connectivity index (χ3v) is 9.32. The topological polar surface area (TPSA) is 122 Å². The zero-order chi connectivity index (χ0) is 32.1. The summed E-state index contributed by atoms with van der Waals surface area (Å²) < 4.78 is 34.6. The highest BCUT2D eigenvalue weighted by atomic mass is 19.1. The maximum atomic E-state index is 15.2. The molecule has 2 aromatic rings. The number of hydrogen-bond donors (Lipinski definition) is 2. The van der Waals surface area contributed by atoms with Crippen LogP contribution in [0.25, 0.3) is 17.1 Å². The highest BCUT2D eigenvalue weighted by molar-refractivity contribution is 5.79. The lowest BCUT2D eigenvalue weighted by molar-refractivity contribution is -0.222. The first-order chi connectivity index (χ1) is 21.6. The van der Waals surface area contributed by atoms with Crippen molar-refractivity contribution in [3.05, 3.63) is 41.2 Å². The van der Waals surface area contributed by atoms with Gasteiger partial charge < -0.3 is 29.3 Å². The Kier molecular flexibility index (Phi) is 11.4. The van der Waals surface area contributed by atoms with Crippen LogP contribution >= 0.6 is 0 Å². The van der Waals surface area contributed by atoms with Gasteiger partial charge in [-0.15, -0.1) is 5.10 Å². The van der Waals surface area contributed by atoms with Crippen LogP contribution in [0.1, 0.15) is 64.5 Å². The molecule has 12 heteroatoms. The molecule has 4 heterocycles. The molecule has 1 aromatic heterocycles. The number of carbonyl (C=O) groups excluding carboxylic acids is 1. The van der Waals surface area contributed by atoms with Crippen LogP contribution < -0.4 is 0 Å². The van der Waals surface area contributed by atoms with Gasteiger partial charge in [0.1, 0.15) is 11.6 Å². The molecule has 11 nitrogen and oxygen atoms in total. The molecule has 1 aromatic carbocycles. The second-order valence-electron chi connectivity index (χ2n) is 13.0. The van der Waals surface area contributed by atoms with Gasteiger partial charge in [-0.2, -0.15) is 0 Å². The van der Waals surface area contributed by atoms with Gasteiger partial charge in [0.15, 0.2) is 5.82 Å². The predicted octanol–water partition coefficient (Wildman–Crippen LogP) is 3.52. The number of rotatable bonds is 6. The summed E-state index contributed by atoms with van der Waals surface area (Å²) in [5.41, 5.74) is 2.16. The number of aliphatic hydroxyl groups excluding tert-OH is 2. The quantitative estimate of drug-likeness (QED) is 0.279. The number of nitrogens with zero attached hydrogens (tertiary/aromatic N) is 5. The van der Waals surface area contributed by atoms with Gasteiger partial charge >= 0.3 is 5.97 Å². The van der Waals surface area contributed by atoms with Crippen LogP contribution in [0, 0.1) is 17.7 Å². The Morgan fingerprint density at radius 3 is 2.58 bits per heavy atom. The molecule has 248 valence electrons. The molecule has 0 radical (unpaired) electrons. The van der Waals surface area contributed by atoms with Gasteiger partial charge in [-0.05, 0) is 68.8 Å². The van der Waals surface area contributed by atoms with Crippen molar-refractivity contribution in [2.75, 3.05) is 46.4 Å². The standard InChI is InChI=1S/C33H48FN5O6/c1-21-5-7-26(40)20-30(41)45-32(22(2)6-8-29(21)44-33(42)38-13-11-37(4)12-14-38)23(3)17-24-18-27(34)31-28(19-24)39(36-35-31)25-9-15-43-16-10-25/h6,8,17-19,21-22,25-26,29,32-33,40,42H,5,7,9-16,20H2,1-4H3/b8-6+,23-17+/t21-,22-,26+,29-,32-,33?/m0/s1. The van der Waals surface area contributed by atoms with Gasteiger partial charge in [0.25, 0.3) is 0 Å². The predicted molar refractivity (Wildman–Crippen MR) is 167 cm³/mol. The molecule has 2 N–H and O–H groups in total. The third kappa shape index (κ3) is 8.55. The average Bonchev–Trinajstić information content (AvgIpc) is 3.45. The zero-order valence-corrected chi connectivity index (χ0v) is 26.8. The number of esters is 1. The van der Waals surface area contributed by atoms with Crippen LogP contribution in [0.2, 0.25) is 0 Å². The number of fused-ring (bicyclic) bond motifs is 1. The van der Waals surface area contributed by atoms with E-state index in [-0.39, 0.29) is 29.8 Å². The molecule has 0 aliphatic carbocycles. The Morgan fingerprint density at radius 1 is 1.11 bits per heavy atom. The maximum absolute atomic E-state index is 15.2. The van der Waals surface area contributed by atoms with E-state index in [1.54, 1.807) is 4.68 Å². The Labute approximate surface area is 264 Å². The first-order valence-corrected chi connectivity index (χ1v) is 16.2. The van der Waals surface area contributed by atoms with Gasteiger partial charge in [0.05, 0.1) is 30.2 Å². The first-order valence-electron chi connectivity index (χ1n) is 16.2. The zero-order valence-electron chi connectivity index (χ0n) is 26.8. The highest BCUT2D eigenvalue weighted by Gasteiger charge is 2.29. The summed E-state index contributed by atoms with van der Waals surface area (Å²) in [5, 5.41) is 29.9. The van der Waals surface area contributed by atoms with E-state index in [1.807, 2.05) is 50.0 Å². The second kappa shape index (κ2) is 15.2. The Balaban J connectivity index is 1.39. The Morgan fingerprint density at radius 2 is 1.84 bits per heavy atom. The van der Waals surface area contributed by atoms with Gasteiger partial charge in [-0.1, -0.05) is 37.3 Å². The second-order valence-corrected chi connectivity index (χ2v) is 13.0. The van der Waals surface area contributed by atoms with Crippen LogP contribution in [0.5, 0.6) is 0 Å². The molecule has 3 aliphatic rings. The van der Waals surface area contributed by atoms with E-state index < -0.39 is 36.5 Å². The molecule has 0 bridgehead atoms. The van der Waals surface area contributed by atoms with E-state index in [0.29, 0.717) is 50.2 Å². The van der Waals surface area contributed by atoms with Crippen molar-refractivity contribution in [1.82, 2.24) is 24.8 Å². The Hall–Kier alpha value is -2.74. The molecule has 0 spiro atoms. The number of likely N-dealkylation sites (N-methyl/N-ethyl adjacent to an activating group) is 1. The van der Waals surface area contributed by atoms with E-state index in [1.165, 1.54) is 6.07 Å². The van der Waals surface area contributed by atoms with Crippen LogP contribution in [-0.2, 0) is 19.0 Å². The van der Waals surface area contributed by atoms with Crippen molar-refractivity contribution in [3.8, 4) is 0 Å². The monoisotopic (exact) mass is 629 g/mol. The van der Waals surface area contributed by atoms with Crippen molar-refractivity contribution in [2.45, 2.75) is 83.6 Å². The SMILES string of the molecule is C/C(=C\c1cc(F)c2nnn(C3CCOCC3)c2c1)[C@H]1OC(=O)C[C@H](O)CC[C@H](C)[C@@H](OC(O)N2CCN(C)CC2)/C=C/[C@@H]1C. The molecular formula is C33H48FN5O6. The minimum atomic E-state index is -1.05. The minimum Gasteiger partial charge on any atom is -0.457 e. The van der Waals surface area contributed by atoms with Crippen molar-refractivity contribution < 1.29 is 33.6 Å². The molecule has 0 amide bonds. The van der Waals surface area contributed by atoms with Gasteiger partial charge in [-0.3, -0.25) is 9.69 Å². The van der Waals surface area contributed by atoms with Gasteiger partial charge in [0, 0.05) is 45.3 Å². The van der Waals surface area contributed by atoms with Gasteiger partial charge in [0.2, 0.25) is 6.41 Å². The number of halogens is 1. The number of cyclic esters (lactones) is 1. The first kappa shape index (κ1) is 33.6. The number of hydrogen-bond acceptors (Lipinski definition) is 10. The molecule has 1 unspecified atom stereocenters. The molecular weight excluding hydrogens is 581 g/mol. The smallest absolute Gasteiger partial charge is 0.309 e. The number of carbonyl (C=O) groups is 1. The largest absolute Gasteiger partial charge is 0.457 e. The summed E-state index contributed by atoms with van der Waals surface area (Å²) in [7, 11) is 2.06. The molecule has 5 rings (SSSR count). The van der Waals surface area contributed by atoms with Crippen molar-refractivity contribution in [1.29, 1.82) is 0 Å². The number of aromatic nitrogens is 3. The lowest BCUT2D eigenvalue weighted by Gasteiger charge is -2.37. The van der Waals surface area contributed by atoms with Crippen LogP contribution in [0.4, 0.5) is 4.39 Å². The fourth-order valence-corrected chi connectivity index (χ4v) is 6.39. The fourth-order valence-electron chi connectivity index (χ4n) is 6.39. The van der Waals surface area contributed by atoms with E-state index in [9.17, 15) is 15.0 Å². The number of ether oxygens (including phenoxy) is 3.